The molecule has 0 saturated carbocycles. The van der Waals surface area contributed by atoms with E-state index >= 15 is 0 Å². The van der Waals surface area contributed by atoms with Gasteiger partial charge in [0.2, 0.25) is 0 Å². The smallest absolute Gasteiger partial charge is 0.250 e. The Morgan fingerprint density at radius 1 is 1.22 bits per heavy atom. The number of nitrogens with zero attached hydrogens (tertiary/aromatic N) is 1. The number of benzene rings is 1. The molecule has 1 aromatic carbocycles. The fraction of sp³-hybridized carbons (Fsp3) is 0.267. The first kappa shape index (κ1) is 12.6. The van der Waals surface area contributed by atoms with Gasteiger partial charge in [0.15, 0.2) is 0 Å². The third kappa shape index (κ3) is 2.68. The Bertz CT molecular complexity index is 601. The lowest BCUT2D eigenvalue weighted by Gasteiger charge is -2.16. The van der Waals surface area contributed by atoms with E-state index in [2.05, 4.69) is 0 Å². The van der Waals surface area contributed by atoms with Crippen molar-refractivity contribution in [2.45, 2.75) is 26.4 Å². The summed E-state index contributed by atoms with van der Waals surface area (Å²) in [5.41, 5.74) is 9.39. The van der Waals surface area contributed by atoms with E-state index in [0.717, 1.165) is 16.7 Å². The van der Waals surface area contributed by atoms with Gasteiger partial charge in [-0.25, -0.2) is 0 Å². The lowest BCUT2D eigenvalue weighted by atomic mass is 10.0. The monoisotopic (exact) mass is 242 g/mol. The summed E-state index contributed by atoms with van der Waals surface area (Å²) < 4.78 is 1.66. The van der Waals surface area contributed by atoms with Gasteiger partial charge in [-0.2, -0.15) is 0 Å². The van der Waals surface area contributed by atoms with Gasteiger partial charge < -0.3 is 10.3 Å². The molecule has 0 aliphatic carbocycles. The molecule has 94 valence electrons. The zero-order chi connectivity index (χ0) is 13.1. The zero-order valence-corrected chi connectivity index (χ0v) is 10.8. The first-order valence-electron chi connectivity index (χ1n) is 6.06. The molecule has 3 heteroatoms. The molecule has 0 radical (unpaired) electrons. The Morgan fingerprint density at radius 2 is 1.94 bits per heavy atom. The lowest BCUT2D eigenvalue weighted by Crippen LogP contribution is -2.26. The number of nitrogens with two attached hydrogens (primary N) is 1. The number of pyridine rings is 1. The Hall–Kier alpha value is -1.87. The number of hydrogen-bond acceptors (Lipinski definition) is 2. The van der Waals surface area contributed by atoms with Crippen molar-refractivity contribution in [3.8, 4) is 0 Å². The van der Waals surface area contributed by atoms with Crippen molar-refractivity contribution in [3.05, 3.63) is 69.6 Å². The average Bonchev–Trinajstić information content (AvgIpc) is 2.33. The second-order valence-corrected chi connectivity index (χ2v) is 4.66. The maximum atomic E-state index is 11.8. The minimum atomic E-state index is -0.161. The highest BCUT2D eigenvalue weighted by Gasteiger charge is 2.09. The van der Waals surface area contributed by atoms with Gasteiger partial charge in [-0.05, 0) is 36.6 Å². The van der Waals surface area contributed by atoms with Gasteiger partial charge in [-0.1, -0.05) is 24.3 Å². The number of hydrogen-bond donors (Lipinski definition) is 1. The van der Waals surface area contributed by atoms with Crippen molar-refractivity contribution in [2.24, 2.45) is 5.73 Å². The molecule has 0 fully saturated rings. The van der Waals surface area contributed by atoms with Crippen LogP contribution in [0, 0.1) is 13.8 Å². The predicted octanol–water partition coefficient (Wildman–Crippen LogP) is 2.17. The molecule has 1 aromatic heterocycles. The third-order valence-corrected chi connectivity index (χ3v) is 3.13. The van der Waals surface area contributed by atoms with Gasteiger partial charge in [-0.15, -0.1) is 0 Å². The molecule has 18 heavy (non-hydrogen) atoms. The molecule has 2 rings (SSSR count). The maximum Gasteiger partial charge on any atom is 0.250 e. The molecule has 0 spiro atoms. The van der Waals surface area contributed by atoms with Crippen LogP contribution >= 0.6 is 0 Å². The van der Waals surface area contributed by atoms with Gasteiger partial charge in [0, 0.05) is 24.8 Å². The van der Waals surface area contributed by atoms with Crippen molar-refractivity contribution in [1.29, 1.82) is 0 Å². The second-order valence-electron chi connectivity index (χ2n) is 4.66. The van der Waals surface area contributed by atoms with Gasteiger partial charge >= 0.3 is 0 Å². The summed E-state index contributed by atoms with van der Waals surface area (Å²) in [5.74, 6) is 0. The van der Waals surface area contributed by atoms with Crippen LogP contribution in [0.15, 0.2) is 47.4 Å². The molecule has 2 aromatic rings. The Balaban J connectivity index is 2.24. The van der Waals surface area contributed by atoms with Crippen LogP contribution in [0.1, 0.15) is 22.7 Å². The highest BCUT2D eigenvalue weighted by atomic mass is 16.1. The standard InChI is InChI=1S/C15H18N2O/c1-11-7-8-17(15(18)9-11)10-14(16)13-6-4-3-5-12(13)2/h3-9,14H,10,16H2,1-2H3. The van der Waals surface area contributed by atoms with Crippen molar-refractivity contribution in [2.75, 3.05) is 0 Å². The summed E-state index contributed by atoms with van der Waals surface area (Å²) in [7, 11) is 0. The number of rotatable bonds is 3. The molecular weight excluding hydrogens is 224 g/mol. The fourth-order valence-electron chi connectivity index (χ4n) is 2.07. The molecule has 0 aliphatic heterocycles. The highest BCUT2D eigenvalue weighted by Crippen LogP contribution is 2.16. The SMILES string of the molecule is Cc1ccn(CC(N)c2ccccc2C)c(=O)c1. The van der Waals surface area contributed by atoms with E-state index in [1.807, 2.05) is 44.2 Å². The Morgan fingerprint density at radius 3 is 2.61 bits per heavy atom. The molecule has 0 bridgehead atoms. The van der Waals surface area contributed by atoms with Gasteiger partial charge in [-0.3, -0.25) is 4.79 Å². The maximum absolute atomic E-state index is 11.8. The summed E-state index contributed by atoms with van der Waals surface area (Å²) in [6, 6.07) is 11.4. The predicted molar refractivity (Wildman–Crippen MR) is 73.5 cm³/mol. The van der Waals surface area contributed by atoms with Crippen LogP contribution in [0.4, 0.5) is 0 Å². The van der Waals surface area contributed by atoms with Crippen molar-refractivity contribution in [1.82, 2.24) is 4.57 Å². The molecule has 2 N–H and O–H groups in total. The normalized spacial score (nSPS) is 12.4. The molecular formula is C15H18N2O. The van der Waals surface area contributed by atoms with Crippen LogP contribution in [0.25, 0.3) is 0 Å². The topological polar surface area (TPSA) is 48.0 Å². The van der Waals surface area contributed by atoms with Gasteiger partial charge in [0.05, 0.1) is 0 Å². The van der Waals surface area contributed by atoms with E-state index in [-0.39, 0.29) is 11.6 Å². The second kappa shape index (κ2) is 5.19. The molecule has 3 nitrogen and oxygen atoms in total. The first-order valence-corrected chi connectivity index (χ1v) is 6.06. The number of aromatic nitrogens is 1. The van der Waals surface area contributed by atoms with E-state index in [0.29, 0.717) is 6.54 Å². The fourth-order valence-corrected chi connectivity index (χ4v) is 2.07. The molecule has 1 atom stereocenters. The van der Waals surface area contributed by atoms with Crippen LogP contribution in [0.5, 0.6) is 0 Å². The van der Waals surface area contributed by atoms with Crippen LogP contribution in [-0.2, 0) is 6.54 Å². The zero-order valence-electron chi connectivity index (χ0n) is 10.8. The third-order valence-electron chi connectivity index (χ3n) is 3.13. The molecule has 0 aliphatic rings. The quantitative estimate of drug-likeness (QED) is 0.896. The first-order chi connectivity index (χ1) is 8.58. The molecule has 0 amide bonds. The van der Waals surface area contributed by atoms with E-state index < -0.39 is 0 Å². The molecule has 1 unspecified atom stereocenters. The van der Waals surface area contributed by atoms with Crippen LogP contribution in [-0.4, -0.2) is 4.57 Å². The summed E-state index contributed by atoms with van der Waals surface area (Å²) in [6.07, 6.45) is 1.80. The Labute approximate surface area is 107 Å². The summed E-state index contributed by atoms with van der Waals surface area (Å²) in [5, 5.41) is 0. The van der Waals surface area contributed by atoms with Gasteiger partial charge in [0.25, 0.3) is 5.56 Å². The largest absolute Gasteiger partial charge is 0.322 e. The van der Waals surface area contributed by atoms with Crippen LogP contribution < -0.4 is 11.3 Å². The minimum absolute atomic E-state index is 0.000894. The van der Waals surface area contributed by atoms with Gasteiger partial charge in [0.1, 0.15) is 0 Å². The summed E-state index contributed by atoms with van der Waals surface area (Å²) >= 11 is 0. The average molecular weight is 242 g/mol. The van der Waals surface area contributed by atoms with Crippen molar-refractivity contribution < 1.29 is 0 Å². The Kier molecular flexibility index (Phi) is 3.63. The van der Waals surface area contributed by atoms with E-state index in [9.17, 15) is 4.79 Å². The molecule has 0 saturated heterocycles. The summed E-state index contributed by atoms with van der Waals surface area (Å²) in [4.78, 5) is 11.8. The van der Waals surface area contributed by atoms with Crippen molar-refractivity contribution in [3.63, 3.8) is 0 Å². The lowest BCUT2D eigenvalue weighted by molar-refractivity contribution is 0.559. The minimum Gasteiger partial charge on any atom is -0.322 e. The number of aryl methyl sites for hydroxylation is 2. The van der Waals surface area contributed by atoms with Crippen LogP contribution in [0.2, 0.25) is 0 Å². The van der Waals surface area contributed by atoms with E-state index in [4.69, 9.17) is 5.73 Å². The van der Waals surface area contributed by atoms with Crippen molar-refractivity contribution >= 4 is 0 Å². The van der Waals surface area contributed by atoms with Crippen LogP contribution in [0.3, 0.4) is 0 Å². The van der Waals surface area contributed by atoms with E-state index in [1.54, 1.807) is 16.8 Å². The highest BCUT2D eigenvalue weighted by molar-refractivity contribution is 5.28. The van der Waals surface area contributed by atoms with E-state index in [1.165, 1.54) is 0 Å². The molecule has 1 heterocycles. The summed E-state index contributed by atoms with van der Waals surface area (Å²) in [6.45, 7) is 4.45.